The summed E-state index contributed by atoms with van der Waals surface area (Å²) < 4.78 is 47.7. The predicted molar refractivity (Wildman–Crippen MR) is 148 cm³/mol. The van der Waals surface area contributed by atoms with Crippen LogP contribution in [0.15, 0.2) is 77.7 Å². The van der Waals surface area contributed by atoms with Gasteiger partial charge in [-0.2, -0.15) is 0 Å². The zero-order valence-electron chi connectivity index (χ0n) is 22.6. The molecular weight excluding hydrogens is 521 g/mol. The molecule has 8 nitrogen and oxygen atoms in total. The quantitative estimate of drug-likeness (QED) is 0.360. The Bertz CT molecular complexity index is 1360. The van der Waals surface area contributed by atoms with Gasteiger partial charge in [-0.15, -0.1) is 0 Å². The summed E-state index contributed by atoms with van der Waals surface area (Å²) >= 11 is 0. The van der Waals surface area contributed by atoms with Crippen LogP contribution in [0.2, 0.25) is 0 Å². The maximum absolute atomic E-state index is 13.9. The van der Waals surface area contributed by atoms with E-state index in [1.165, 1.54) is 48.3 Å². The molecule has 3 rings (SSSR count). The molecule has 0 saturated heterocycles. The molecule has 0 aliphatic carbocycles. The fourth-order valence-electron chi connectivity index (χ4n) is 4.11. The average Bonchev–Trinajstić information content (AvgIpc) is 2.93. The summed E-state index contributed by atoms with van der Waals surface area (Å²) in [7, 11) is -2.71. The lowest BCUT2D eigenvalue weighted by atomic mass is 10.1. The molecule has 1 N–H and O–H groups in total. The van der Waals surface area contributed by atoms with Gasteiger partial charge in [-0.05, 0) is 74.4 Å². The van der Waals surface area contributed by atoms with Crippen molar-refractivity contribution in [2.75, 3.05) is 24.5 Å². The van der Waals surface area contributed by atoms with Gasteiger partial charge in [-0.3, -0.25) is 13.9 Å². The molecule has 3 aromatic rings. The van der Waals surface area contributed by atoms with Crippen LogP contribution in [-0.4, -0.2) is 51.4 Å². The van der Waals surface area contributed by atoms with Gasteiger partial charge < -0.3 is 15.0 Å². The maximum Gasteiger partial charge on any atom is 0.264 e. The van der Waals surface area contributed by atoms with E-state index in [1.54, 1.807) is 43.3 Å². The van der Waals surface area contributed by atoms with Crippen molar-refractivity contribution in [1.82, 2.24) is 10.2 Å². The van der Waals surface area contributed by atoms with Crippen molar-refractivity contribution >= 4 is 27.5 Å². The molecule has 39 heavy (non-hydrogen) atoms. The fourth-order valence-corrected chi connectivity index (χ4v) is 5.53. The number of carbonyl (C=O) groups excluding carboxylic acids is 2. The van der Waals surface area contributed by atoms with E-state index in [-0.39, 0.29) is 17.3 Å². The molecule has 10 heteroatoms. The summed E-state index contributed by atoms with van der Waals surface area (Å²) in [5.41, 5.74) is 1.83. The molecule has 0 saturated carbocycles. The lowest BCUT2D eigenvalue weighted by Crippen LogP contribution is -2.51. The van der Waals surface area contributed by atoms with Crippen molar-refractivity contribution in [3.05, 3.63) is 89.7 Å². The van der Waals surface area contributed by atoms with Gasteiger partial charge in [0.1, 0.15) is 24.2 Å². The van der Waals surface area contributed by atoms with Gasteiger partial charge in [0.05, 0.1) is 17.2 Å². The van der Waals surface area contributed by atoms with Gasteiger partial charge in [0, 0.05) is 13.6 Å². The number of anilines is 1. The topological polar surface area (TPSA) is 96.0 Å². The molecule has 0 aromatic heterocycles. The molecule has 0 unspecified atom stereocenters. The van der Waals surface area contributed by atoms with Crippen LogP contribution in [0.4, 0.5) is 10.1 Å². The molecule has 208 valence electrons. The number of halogens is 1. The SMILES string of the molecule is CCOc1ccc(S(=O)(=O)N(CC(=O)N(Cc2ccc(F)cc2)[C@H](CC)C(=O)NC)c2ccc(C)cc2)cc1. The largest absolute Gasteiger partial charge is 0.494 e. The van der Waals surface area contributed by atoms with Crippen LogP contribution < -0.4 is 14.4 Å². The monoisotopic (exact) mass is 555 g/mol. The molecule has 0 fully saturated rings. The first-order chi connectivity index (χ1) is 18.6. The Hall–Kier alpha value is -3.92. The van der Waals surface area contributed by atoms with E-state index in [1.807, 2.05) is 13.8 Å². The normalized spacial score (nSPS) is 11.9. The van der Waals surface area contributed by atoms with Crippen molar-refractivity contribution in [3.8, 4) is 5.75 Å². The highest BCUT2D eigenvalue weighted by molar-refractivity contribution is 7.92. The minimum Gasteiger partial charge on any atom is -0.494 e. The Morgan fingerprint density at radius 1 is 0.949 bits per heavy atom. The van der Waals surface area contributed by atoms with Crippen LogP contribution >= 0.6 is 0 Å². The highest BCUT2D eigenvalue weighted by Gasteiger charge is 2.33. The van der Waals surface area contributed by atoms with E-state index in [0.29, 0.717) is 30.0 Å². The molecule has 1 atom stereocenters. The summed E-state index contributed by atoms with van der Waals surface area (Å²) in [5.74, 6) is -0.868. The molecule has 0 aliphatic rings. The van der Waals surface area contributed by atoms with Crippen LogP contribution in [0.25, 0.3) is 0 Å². The zero-order chi connectivity index (χ0) is 28.6. The molecule has 0 heterocycles. The minimum atomic E-state index is -4.18. The van der Waals surface area contributed by atoms with E-state index in [0.717, 1.165) is 9.87 Å². The van der Waals surface area contributed by atoms with Crippen LogP contribution in [0.5, 0.6) is 5.75 Å². The highest BCUT2D eigenvalue weighted by Crippen LogP contribution is 2.26. The highest BCUT2D eigenvalue weighted by atomic mass is 32.2. The lowest BCUT2D eigenvalue weighted by Gasteiger charge is -2.33. The molecule has 3 aromatic carbocycles. The maximum atomic E-state index is 13.9. The summed E-state index contributed by atoms with van der Waals surface area (Å²) in [5, 5.41) is 2.57. The van der Waals surface area contributed by atoms with E-state index >= 15 is 0 Å². The van der Waals surface area contributed by atoms with Crippen molar-refractivity contribution in [1.29, 1.82) is 0 Å². The number of nitrogens with one attached hydrogen (secondary N) is 1. The smallest absolute Gasteiger partial charge is 0.264 e. The Labute approximate surface area is 229 Å². The van der Waals surface area contributed by atoms with Gasteiger partial charge in [-0.1, -0.05) is 36.8 Å². The number of benzene rings is 3. The minimum absolute atomic E-state index is 0.00409. The summed E-state index contributed by atoms with van der Waals surface area (Å²) in [6, 6.07) is 17.5. The van der Waals surface area contributed by atoms with Gasteiger partial charge >= 0.3 is 0 Å². The lowest BCUT2D eigenvalue weighted by molar-refractivity contribution is -0.140. The average molecular weight is 556 g/mol. The molecule has 0 radical (unpaired) electrons. The third-order valence-corrected chi connectivity index (χ3v) is 8.01. The number of carbonyl (C=O) groups is 2. The second-order valence-electron chi connectivity index (χ2n) is 8.94. The second kappa shape index (κ2) is 13.2. The molecule has 0 aliphatic heterocycles. The first kappa shape index (κ1) is 29.6. The summed E-state index contributed by atoms with van der Waals surface area (Å²) in [6.45, 7) is 5.35. The number of sulfonamides is 1. The molecule has 0 spiro atoms. The number of rotatable bonds is 12. The zero-order valence-corrected chi connectivity index (χ0v) is 23.4. The van der Waals surface area contributed by atoms with E-state index in [4.69, 9.17) is 4.74 Å². The van der Waals surface area contributed by atoms with E-state index < -0.39 is 34.3 Å². The number of ether oxygens (including phenoxy) is 1. The van der Waals surface area contributed by atoms with E-state index in [2.05, 4.69) is 5.32 Å². The Kier molecular flexibility index (Phi) is 10.1. The number of hydrogen-bond acceptors (Lipinski definition) is 5. The second-order valence-corrected chi connectivity index (χ2v) is 10.8. The van der Waals surface area contributed by atoms with Gasteiger partial charge in [0.15, 0.2) is 0 Å². The van der Waals surface area contributed by atoms with Crippen LogP contribution in [0, 0.1) is 12.7 Å². The van der Waals surface area contributed by atoms with Crippen molar-refractivity contribution < 1.29 is 27.1 Å². The standard InChI is InChI=1S/C29H34FN3O5S/c1-5-27(29(35)31-4)32(19-22-9-11-23(30)12-10-22)28(34)20-33(24-13-7-21(3)8-14-24)39(36,37)26-17-15-25(16-18-26)38-6-2/h7-18,27H,5-6,19-20H2,1-4H3,(H,31,35)/t27-/m1/s1. The van der Waals surface area contributed by atoms with E-state index in [9.17, 15) is 22.4 Å². The summed E-state index contributed by atoms with van der Waals surface area (Å²) in [6.07, 6.45) is 0.294. The first-order valence-electron chi connectivity index (χ1n) is 12.7. The van der Waals surface area contributed by atoms with Crippen molar-refractivity contribution in [2.45, 2.75) is 44.7 Å². The van der Waals surface area contributed by atoms with Gasteiger partial charge in [0.2, 0.25) is 11.8 Å². The number of nitrogens with zero attached hydrogens (tertiary/aromatic N) is 2. The van der Waals surface area contributed by atoms with Crippen LogP contribution in [0.1, 0.15) is 31.4 Å². The predicted octanol–water partition coefficient (Wildman–Crippen LogP) is 4.28. The number of likely N-dealkylation sites (N-methyl/N-ethyl adjacent to an activating group) is 1. The Morgan fingerprint density at radius 3 is 2.10 bits per heavy atom. The van der Waals surface area contributed by atoms with Gasteiger partial charge in [0.25, 0.3) is 10.0 Å². The number of aryl methyl sites for hydroxylation is 1. The van der Waals surface area contributed by atoms with Crippen LogP contribution in [0.3, 0.4) is 0 Å². The fraction of sp³-hybridized carbons (Fsp3) is 0.310. The van der Waals surface area contributed by atoms with Crippen LogP contribution in [-0.2, 0) is 26.2 Å². The third kappa shape index (κ3) is 7.35. The van der Waals surface area contributed by atoms with Crippen molar-refractivity contribution in [3.63, 3.8) is 0 Å². The van der Waals surface area contributed by atoms with Gasteiger partial charge in [-0.25, -0.2) is 12.8 Å². The number of hydrogen-bond donors (Lipinski definition) is 1. The summed E-state index contributed by atoms with van der Waals surface area (Å²) in [4.78, 5) is 27.9. The molecule has 2 amide bonds. The number of amides is 2. The Morgan fingerprint density at radius 2 is 1.56 bits per heavy atom. The third-order valence-electron chi connectivity index (χ3n) is 6.22. The first-order valence-corrected chi connectivity index (χ1v) is 14.1. The van der Waals surface area contributed by atoms with Crippen molar-refractivity contribution in [2.24, 2.45) is 0 Å². The Balaban J connectivity index is 2.03. The molecule has 0 bridgehead atoms. The molecular formula is C29H34FN3O5S.